The molecule has 96 valence electrons. The highest BCUT2D eigenvalue weighted by Gasteiger charge is 2.11. The molecule has 0 aliphatic rings. The van der Waals surface area contributed by atoms with Crippen LogP contribution in [0.4, 0.5) is 11.5 Å². The van der Waals surface area contributed by atoms with Crippen LogP contribution in [0.15, 0.2) is 22.8 Å². The lowest BCUT2D eigenvalue weighted by Gasteiger charge is -2.08. The minimum absolute atomic E-state index is 0.576. The van der Waals surface area contributed by atoms with E-state index in [0.717, 1.165) is 22.8 Å². The summed E-state index contributed by atoms with van der Waals surface area (Å²) in [4.78, 5) is 8.46. The molecule has 2 heterocycles. The third-order valence-corrected chi connectivity index (χ3v) is 3.70. The molecule has 0 unspecified atom stereocenters. The number of benzene rings is 1. The van der Waals surface area contributed by atoms with E-state index in [0.29, 0.717) is 27.0 Å². The SMILES string of the molecule is Cc1nc(Br)cc(Nc2c(Cl)ccc3nsnc23)n1. The molecule has 0 aliphatic carbocycles. The Morgan fingerprint density at radius 1 is 1.26 bits per heavy atom. The first kappa shape index (κ1) is 12.7. The molecule has 0 aliphatic heterocycles. The van der Waals surface area contributed by atoms with Crippen LogP contribution < -0.4 is 5.32 Å². The van der Waals surface area contributed by atoms with Crippen LogP contribution in [0.3, 0.4) is 0 Å². The molecule has 3 rings (SSSR count). The van der Waals surface area contributed by atoms with Crippen molar-refractivity contribution in [3.05, 3.63) is 33.6 Å². The summed E-state index contributed by atoms with van der Waals surface area (Å²) in [5.74, 6) is 1.32. The fraction of sp³-hybridized carbons (Fsp3) is 0.0909. The van der Waals surface area contributed by atoms with Crippen molar-refractivity contribution < 1.29 is 0 Å². The molecule has 1 N–H and O–H groups in total. The summed E-state index contributed by atoms with van der Waals surface area (Å²) in [5, 5.41) is 3.75. The molecule has 8 heteroatoms. The summed E-state index contributed by atoms with van der Waals surface area (Å²) >= 11 is 10.7. The van der Waals surface area contributed by atoms with Gasteiger partial charge in [-0.3, -0.25) is 0 Å². The van der Waals surface area contributed by atoms with Crippen LogP contribution in [0.1, 0.15) is 5.82 Å². The Balaban J connectivity index is 2.09. The van der Waals surface area contributed by atoms with E-state index in [9.17, 15) is 0 Å². The molecular formula is C11H7BrClN5S. The monoisotopic (exact) mass is 355 g/mol. The number of hydrogen-bond donors (Lipinski definition) is 1. The number of nitrogens with one attached hydrogen (secondary N) is 1. The zero-order chi connectivity index (χ0) is 13.4. The van der Waals surface area contributed by atoms with Crippen LogP contribution in [-0.2, 0) is 0 Å². The molecule has 1 aromatic carbocycles. The Bertz CT molecular complexity index is 740. The molecule has 0 atom stereocenters. The van der Waals surface area contributed by atoms with Crippen molar-refractivity contribution in [3.8, 4) is 0 Å². The van der Waals surface area contributed by atoms with Crippen LogP contribution >= 0.6 is 39.3 Å². The second-order valence-corrected chi connectivity index (χ2v) is 5.55. The molecule has 19 heavy (non-hydrogen) atoms. The number of rotatable bonds is 2. The predicted octanol–water partition coefficient (Wildman–Crippen LogP) is 3.95. The Hall–Kier alpha value is -1.31. The highest BCUT2D eigenvalue weighted by molar-refractivity contribution is 9.10. The van der Waals surface area contributed by atoms with Gasteiger partial charge >= 0.3 is 0 Å². The topological polar surface area (TPSA) is 63.6 Å². The molecule has 0 fully saturated rings. The Labute approximate surface area is 126 Å². The average Bonchev–Trinajstić information content (AvgIpc) is 2.80. The zero-order valence-electron chi connectivity index (χ0n) is 9.69. The second-order valence-electron chi connectivity index (χ2n) is 3.80. The number of fused-ring (bicyclic) bond motifs is 1. The summed E-state index contributed by atoms with van der Waals surface area (Å²) in [6.07, 6.45) is 0. The molecule has 2 aromatic heterocycles. The van der Waals surface area contributed by atoms with E-state index in [1.807, 2.05) is 13.0 Å². The van der Waals surface area contributed by atoms with Gasteiger partial charge in [-0.1, -0.05) is 11.6 Å². The van der Waals surface area contributed by atoms with Gasteiger partial charge in [0.2, 0.25) is 0 Å². The van der Waals surface area contributed by atoms with Crippen molar-refractivity contribution in [2.75, 3.05) is 5.32 Å². The maximum atomic E-state index is 6.21. The van der Waals surface area contributed by atoms with E-state index in [1.165, 1.54) is 0 Å². The van der Waals surface area contributed by atoms with E-state index in [4.69, 9.17) is 11.6 Å². The van der Waals surface area contributed by atoms with Gasteiger partial charge < -0.3 is 5.32 Å². The van der Waals surface area contributed by atoms with Crippen molar-refractivity contribution >= 4 is 61.8 Å². The fourth-order valence-corrected chi connectivity index (χ4v) is 2.88. The molecule has 5 nitrogen and oxygen atoms in total. The second kappa shape index (κ2) is 4.99. The Morgan fingerprint density at radius 2 is 2.11 bits per heavy atom. The quantitative estimate of drug-likeness (QED) is 0.704. The Morgan fingerprint density at radius 3 is 2.89 bits per heavy atom. The van der Waals surface area contributed by atoms with Crippen LogP contribution in [0, 0.1) is 6.92 Å². The first-order valence-electron chi connectivity index (χ1n) is 5.32. The molecule has 0 saturated carbocycles. The van der Waals surface area contributed by atoms with Crippen molar-refractivity contribution in [1.82, 2.24) is 18.7 Å². The Kier molecular flexibility index (Phi) is 3.34. The minimum Gasteiger partial charge on any atom is -0.337 e. The number of anilines is 2. The van der Waals surface area contributed by atoms with Gasteiger partial charge in [-0.2, -0.15) is 8.75 Å². The smallest absolute Gasteiger partial charge is 0.135 e. The van der Waals surface area contributed by atoms with Crippen molar-refractivity contribution in [1.29, 1.82) is 0 Å². The van der Waals surface area contributed by atoms with Crippen LogP contribution in [0.2, 0.25) is 5.02 Å². The van der Waals surface area contributed by atoms with Gasteiger partial charge in [-0.05, 0) is 35.0 Å². The fourth-order valence-electron chi connectivity index (χ4n) is 1.67. The first-order chi connectivity index (χ1) is 9.13. The summed E-state index contributed by atoms with van der Waals surface area (Å²) in [7, 11) is 0. The van der Waals surface area contributed by atoms with Crippen LogP contribution in [-0.4, -0.2) is 18.7 Å². The molecule has 0 radical (unpaired) electrons. The first-order valence-corrected chi connectivity index (χ1v) is 7.22. The lowest BCUT2D eigenvalue weighted by molar-refractivity contribution is 1.04. The van der Waals surface area contributed by atoms with Gasteiger partial charge in [0.25, 0.3) is 0 Å². The van der Waals surface area contributed by atoms with Gasteiger partial charge in [-0.25, -0.2) is 9.97 Å². The summed E-state index contributed by atoms with van der Waals surface area (Å²) in [6.45, 7) is 1.82. The number of nitrogens with zero attached hydrogens (tertiary/aromatic N) is 4. The van der Waals surface area contributed by atoms with E-state index in [1.54, 1.807) is 12.1 Å². The van der Waals surface area contributed by atoms with E-state index in [-0.39, 0.29) is 0 Å². The molecule has 3 aromatic rings. The normalized spacial score (nSPS) is 10.9. The summed E-state index contributed by atoms with van der Waals surface area (Å²) in [5.41, 5.74) is 2.25. The third kappa shape index (κ3) is 2.54. The standard InChI is InChI=1S/C11H7BrClN5S/c1-5-14-8(12)4-9(15-5)16-10-6(13)2-3-7-11(10)18-19-17-7/h2-4H,1H3,(H,14,15,16). The van der Waals surface area contributed by atoms with E-state index >= 15 is 0 Å². The van der Waals surface area contributed by atoms with Gasteiger partial charge in [0.1, 0.15) is 27.3 Å². The van der Waals surface area contributed by atoms with Gasteiger partial charge in [0.05, 0.1) is 22.4 Å². The average molecular weight is 357 g/mol. The molecule has 0 saturated heterocycles. The maximum absolute atomic E-state index is 6.21. The van der Waals surface area contributed by atoms with Crippen molar-refractivity contribution in [3.63, 3.8) is 0 Å². The zero-order valence-corrected chi connectivity index (χ0v) is 12.8. The predicted molar refractivity (Wildman–Crippen MR) is 80.2 cm³/mol. The van der Waals surface area contributed by atoms with Crippen molar-refractivity contribution in [2.24, 2.45) is 0 Å². The maximum Gasteiger partial charge on any atom is 0.135 e. The molecular weight excluding hydrogens is 350 g/mol. The molecule has 0 spiro atoms. The highest BCUT2D eigenvalue weighted by atomic mass is 79.9. The highest BCUT2D eigenvalue weighted by Crippen LogP contribution is 2.32. The molecule has 0 bridgehead atoms. The number of halogens is 2. The lowest BCUT2D eigenvalue weighted by Crippen LogP contribution is -1.98. The lowest BCUT2D eigenvalue weighted by atomic mass is 10.2. The summed E-state index contributed by atoms with van der Waals surface area (Å²) < 4.78 is 9.15. The molecule has 0 amide bonds. The van der Waals surface area contributed by atoms with Gasteiger partial charge in [0.15, 0.2) is 0 Å². The van der Waals surface area contributed by atoms with Gasteiger partial charge in [0, 0.05) is 6.07 Å². The van der Waals surface area contributed by atoms with Gasteiger partial charge in [-0.15, -0.1) is 0 Å². The minimum atomic E-state index is 0.576. The number of aromatic nitrogens is 4. The third-order valence-electron chi connectivity index (χ3n) is 2.44. The van der Waals surface area contributed by atoms with Crippen molar-refractivity contribution in [2.45, 2.75) is 6.92 Å². The van der Waals surface area contributed by atoms with E-state index < -0.39 is 0 Å². The van der Waals surface area contributed by atoms with Crippen LogP contribution in [0.5, 0.6) is 0 Å². The summed E-state index contributed by atoms with van der Waals surface area (Å²) in [6, 6.07) is 5.41. The number of hydrogen-bond acceptors (Lipinski definition) is 6. The number of aryl methyl sites for hydroxylation is 1. The largest absolute Gasteiger partial charge is 0.337 e. The van der Waals surface area contributed by atoms with Crippen LogP contribution in [0.25, 0.3) is 11.0 Å². The van der Waals surface area contributed by atoms with E-state index in [2.05, 4.69) is 40.0 Å².